The van der Waals surface area contributed by atoms with Gasteiger partial charge in [-0.2, -0.15) is 0 Å². The number of fused-ring (bicyclic) bond motifs is 1. The van der Waals surface area contributed by atoms with Gasteiger partial charge >= 0.3 is 0 Å². The Hall–Kier alpha value is -1.42. The summed E-state index contributed by atoms with van der Waals surface area (Å²) in [5, 5.41) is 0. The normalized spacial score (nSPS) is 18.6. The van der Waals surface area contributed by atoms with Crippen LogP contribution in [0.2, 0.25) is 0 Å². The molecule has 88 valence electrons. The molecule has 0 bridgehead atoms. The highest BCUT2D eigenvalue weighted by Crippen LogP contribution is 2.33. The number of hydrogen-bond acceptors (Lipinski definition) is 4. The molecule has 2 rings (SSSR count). The summed E-state index contributed by atoms with van der Waals surface area (Å²) in [7, 11) is 0. The van der Waals surface area contributed by atoms with Crippen LogP contribution < -0.4 is 0 Å². The van der Waals surface area contributed by atoms with E-state index in [1.54, 1.807) is 19.1 Å². The van der Waals surface area contributed by atoms with Crippen LogP contribution in [0.15, 0.2) is 29.2 Å². The van der Waals surface area contributed by atoms with Gasteiger partial charge in [0.1, 0.15) is 0 Å². The van der Waals surface area contributed by atoms with Crippen molar-refractivity contribution >= 4 is 29.1 Å². The Labute approximate surface area is 104 Å². The quantitative estimate of drug-likeness (QED) is 0.607. The molecule has 0 amide bonds. The summed E-state index contributed by atoms with van der Waals surface area (Å²) < 4.78 is 0. The first-order valence-electron chi connectivity index (χ1n) is 5.48. The van der Waals surface area contributed by atoms with Gasteiger partial charge in [0.2, 0.25) is 5.78 Å². The van der Waals surface area contributed by atoms with Crippen LogP contribution in [0.4, 0.5) is 0 Å². The molecule has 1 atom stereocenters. The molecule has 1 heterocycles. The molecule has 1 unspecified atom stereocenters. The van der Waals surface area contributed by atoms with E-state index in [1.165, 1.54) is 11.8 Å². The van der Waals surface area contributed by atoms with Crippen LogP contribution >= 0.6 is 11.8 Å². The smallest absolute Gasteiger partial charge is 0.210 e. The van der Waals surface area contributed by atoms with Crippen molar-refractivity contribution < 1.29 is 14.4 Å². The third-order valence-corrected chi connectivity index (χ3v) is 3.95. The number of benzene rings is 1. The lowest BCUT2D eigenvalue weighted by molar-refractivity contribution is -0.137. The minimum atomic E-state index is -0.789. The number of ketones is 3. The van der Waals surface area contributed by atoms with E-state index < -0.39 is 17.5 Å². The maximum Gasteiger partial charge on any atom is 0.210 e. The number of thioether (sulfide) groups is 1. The molecule has 0 aromatic heterocycles. The first-order chi connectivity index (χ1) is 8.15. The first-order valence-corrected chi connectivity index (χ1v) is 6.46. The fourth-order valence-electron chi connectivity index (χ4n) is 1.80. The molecule has 0 saturated carbocycles. The van der Waals surface area contributed by atoms with Crippen molar-refractivity contribution in [1.82, 2.24) is 0 Å². The molecular formula is C13H12O3S. The van der Waals surface area contributed by atoms with E-state index in [-0.39, 0.29) is 12.2 Å². The van der Waals surface area contributed by atoms with Gasteiger partial charge in [0.15, 0.2) is 11.6 Å². The van der Waals surface area contributed by atoms with E-state index in [2.05, 4.69) is 0 Å². The van der Waals surface area contributed by atoms with E-state index >= 15 is 0 Å². The minimum Gasteiger partial charge on any atom is -0.293 e. The van der Waals surface area contributed by atoms with E-state index in [0.29, 0.717) is 11.3 Å². The fourth-order valence-corrected chi connectivity index (χ4v) is 2.94. The topological polar surface area (TPSA) is 51.2 Å². The second-order valence-electron chi connectivity index (χ2n) is 3.86. The summed E-state index contributed by atoms with van der Waals surface area (Å²) >= 11 is 1.46. The van der Waals surface area contributed by atoms with Crippen molar-refractivity contribution in [3.63, 3.8) is 0 Å². The SMILES string of the molecule is CCC(=O)C(=O)C1CSc2ccccc2C1=O. The molecule has 0 N–H and O–H groups in total. The van der Waals surface area contributed by atoms with Crippen LogP contribution in [0.1, 0.15) is 23.7 Å². The summed E-state index contributed by atoms with van der Waals surface area (Å²) in [6.07, 6.45) is 0.162. The maximum absolute atomic E-state index is 12.1. The van der Waals surface area contributed by atoms with Crippen LogP contribution in [0.3, 0.4) is 0 Å². The average molecular weight is 248 g/mol. The molecule has 17 heavy (non-hydrogen) atoms. The van der Waals surface area contributed by atoms with Crippen LogP contribution in [0, 0.1) is 5.92 Å². The lowest BCUT2D eigenvalue weighted by Gasteiger charge is -2.20. The lowest BCUT2D eigenvalue weighted by Crippen LogP contribution is -2.34. The van der Waals surface area contributed by atoms with E-state index in [4.69, 9.17) is 0 Å². The predicted octanol–water partition coefficient (Wildman–Crippen LogP) is 2.14. The number of carbonyl (C=O) groups is 3. The molecule has 3 nitrogen and oxygen atoms in total. The molecule has 0 spiro atoms. The second kappa shape index (κ2) is 4.84. The van der Waals surface area contributed by atoms with Crippen molar-refractivity contribution in [2.24, 2.45) is 5.92 Å². The standard InChI is InChI=1S/C13H12O3S/c1-2-10(14)13(16)9-7-17-11-6-4-3-5-8(11)12(9)15/h3-6,9H,2,7H2,1H3. The van der Waals surface area contributed by atoms with Crippen molar-refractivity contribution in [3.8, 4) is 0 Å². The Kier molecular flexibility index (Phi) is 3.43. The average Bonchev–Trinajstić information content (AvgIpc) is 2.38. The van der Waals surface area contributed by atoms with Crippen LogP contribution in [-0.4, -0.2) is 23.1 Å². The molecule has 1 aliphatic rings. The maximum atomic E-state index is 12.1. The van der Waals surface area contributed by atoms with Crippen molar-refractivity contribution in [3.05, 3.63) is 29.8 Å². The Morgan fingerprint density at radius 3 is 2.76 bits per heavy atom. The van der Waals surface area contributed by atoms with Gasteiger partial charge in [-0.05, 0) is 6.07 Å². The molecule has 0 radical (unpaired) electrons. The highest BCUT2D eigenvalue weighted by Gasteiger charge is 2.35. The molecule has 1 aromatic carbocycles. The molecule has 1 aromatic rings. The lowest BCUT2D eigenvalue weighted by atomic mass is 9.92. The van der Waals surface area contributed by atoms with Gasteiger partial charge in [-0.1, -0.05) is 25.1 Å². The third kappa shape index (κ3) is 2.17. The highest BCUT2D eigenvalue weighted by molar-refractivity contribution is 7.99. The van der Waals surface area contributed by atoms with Gasteiger partial charge in [0.05, 0.1) is 5.92 Å². The molecular weight excluding hydrogens is 236 g/mol. The Morgan fingerprint density at radius 2 is 2.06 bits per heavy atom. The Morgan fingerprint density at radius 1 is 1.35 bits per heavy atom. The Bertz CT molecular complexity index is 493. The molecule has 1 aliphatic heterocycles. The fraction of sp³-hybridized carbons (Fsp3) is 0.308. The van der Waals surface area contributed by atoms with Gasteiger partial charge in [0.25, 0.3) is 0 Å². The van der Waals surface area contributed by atoms with Crippen molar-refractivity contribution in [1.29, 1.82) is 0 Å². The Balaban J connectivity index is 2.29. The summed E-state index contributed by atoms with van der Waals surface area (Å²) in [5.74, 6) is -1.63. The van der Waals surface area contributed by atoms with Gasteiger partial charge < -0.3 is 0 Å². The van der Waals surface area contributed by atoms with E-state index in [9.17, 15) is 14.4 Å². The summed E-state index contributed by atoms with van der Waals surface area (Å²) in [6, 6.07) is 7.20. The number of hydrogen-bond donors (Lipinski definition) is 0. The number of Topliss-reactive ketones (excluding diaryl/α,β-unsaturated/α-hetero) is 3. The zero-order valence-electron chi connectivity index (χ0n) is 9.43. The summed E-state index contributed by atoms with van der Waals surface area (Å²) in [5.41, 5.74) is 0.561. The minimum absolute atomic E-state index is 0.162. The zero-order valence-corrected chi connectivity index (χ0v) is 10.3. The van der Waals surface area contributed by atoms with Gasteiger partial charge in [-0.25, -0.2) is 0 Å². The first kappa shape index (κ1) is 12.0. The third-order valence-electron chi connectivity index (χ3n) is 2.79. The molecule has 0 aliphatic carbocycles. The monoisotopic (exact) mass is 248 g/mol. The summed E-state index contributed by atoms with van der Waals surface area (Å²) in [4.78, 5) is 36.1. The van der Waals surface area contributed by atoms with Gasteiger partial charge in [0, 0.05) is 22.6 Å². The number of rotatable bonds is 3. The van der Waals surface area contributed by atoms with Crippen molar-refractivity contribution in [2.75, 3.05) is 5.75 Å². The molecule has 0 saturated heterocycles. The van der Waals surface area contributed by atoms with E-state index in [0.717, 1.165) is 4.90 Å². The highest BCUT2D eigenvalue weighted by atomic mass is 32.2. The van der Waals surface area contributed by atoms with Gasteiger partial charge in [-0.15, -0.1) is 11.8 Å². The summed E-state index contributed by atoms with van der Waals surface area (Å²) in [6.45, 7) is 1.63. The predicted molar refractivity (Wildman–Crippen MR) is 65.3 cm³/mol. The van der Waals surface area contributed by atoms with Crippen LogP contribution in [0.25, 0.3) is 0 Å². The van der Waals surface area contributed by atoms with Gasteiger partial charge in [-0.3, -0.25) is 14.4 Å². The number of carbonyl (C=O) groups excluding carboxylic acids is 3. The van der Waals surface area contributed by atoms with Crippen molar-refractivity contribution in [2.45, 2.75) is 18.2 Å². The second-order valence-corrected chi connectivity index (χ2v) is 4.93. The van der Waals surface area contributed by atoms with Crippen LogP contribution in [0.5, 0.6) is 0 Å². The molecule has 0 fully saturated rings. The largest absolute Gasteiger partial charge is 0.293 e. The zero-order chi connectivity index (χ0) is 12.4. The van der Waals surface area contributed by atoms with Crippen LogP contribution in [-0.2, 0) is 9.59 Å². The molecule has 4 heteroatoms. The van der Waals surface area contributed by atoms with E-state index in [1.807, 2.05) is 12.1 Å².